The fourth-order valence-electron chi connectivity index (χ4n) is 7.17. The first-order valence-corrected chi connectivity index (χ1v) is 23.6. The number of carbonyl (C=O) groups is 3. The first-order valence-electron chi connectivity index (χ1n) is 21.8. The Kier molecular flexibility index (Phi) is 22.4. The minimum absolute atomic E-state index is 0.0233. The highest BCUT2D eigenvalue weighted by molar-refractivity contribution is 7.89. The van der Waals surface area contributed by atoms with Crippen LogP contribution in [0.4, 0.5) is 14.4 Å². The average Bonchev–Trinajstić information content (AvgIpc) is 3.89. The third-order valence-electron chi connectivity index (χ3n) is 11.7. The van der Waals surface area contributed by atoms with Crippen LogP contribution in [0.2, 0.25) is 0 Å². The number of methoxy groups -OCH3 is 2. The van der Waals surface area contributed by atoms with Crippen LogP contribution in [0, 0.1) is 22.7 Å². The number of hydrogen-bond donors (Lipinski definition) is 4. The molecule has 5 atom stereocenters. The Labute approximate surface area is 384 Å². The van der Waals surface area contributed by atoms with E-state index in [-0.39, 0.29) is 49.3 Å². The molecule has 0 spiro atoms. The first kappa shape index (κ1) is 54.4. The molecule has 0 bridgehead atoms. The average molecular weight is 944 g/mol. The number of alkyl carbamates (subject to hydrolysis) is 2. The molecular weight excluding hydrogens is 872 g/mol. The fraction of sp³-hybridized carbons (Fsp3) is 0.667. The van der Waals surface area contributed by atoms with Crippen molar-refractivity contribution in [2.24, 2.45) is 28.4 Å². The molecule has 2 amide bonds. The van der Waals surface area contributed by atoms with Gasteiger partial charge in [-0.3, -0.25) is 0 Å². The first-order chi connectivity index (χ1) is 30.2. The molecule has 64 heavy (non-hydrogen) atoms. The van der Waals surface area contributed by atoms with Crippen LogP contribution < -0.4 is 25.8 Å². The topological polar surface area (TPSA) is 224 Å². The number of carbonyl (C=O) groups excluding carboxylic acids is 3. The molecule has 2 aromatic rings. The lowest BCUT2D eigenvalue weighted by molar-refractivity contribution is -0.0907. The summed E-state index contributed by atoms with van der Waals surface area (Å²) in [4.78, 5) is 33.3. The van der Waals surface area contributed by atoms with Crippen molar-refractivity contribution in [1.29, 1.82) is 0 Å². The van der Waals surface area contributed by atoms with Crippen molar-refractivity contribution in [3.8, 4) is 11.5 Å². The zero-order valence-electron chi connectivity index (χ0n) is 38.6. The van der Waals surface area contributed by atoms with E-state index in [1.54, 1.807) is 6.07 Å². The van der Waals surface area contributed by atoms with Crippen molar-refractivity contribution >= 4 is 39.2 Å². The summed E-state index contributed by atoms with van der Waals surface area (Å²) in [7, 11) is -1.52. The maximum absolute atomic E-state index is 14.2. The van der Waals surface area contributed by atoms with E-state index < -0.39 is 45.2 Å². The highest BCUT2D eigenvalue weighted by atomic mass is 35.5. The molecule has 2 aromatic carbocycles. The van der Waals surface area contributed by atoms with Gasteiger partial charge in [-0.05, 0) is 79.5 Å². The van der Waals surface area contributed by atoms with E-state index >= 15 is 0 Å². The van der Waals surface area contributed by atoms with Crippen LogP contribution in [-0.4, -0.2) is 127 Å². The van der Waals surface area contributed by atoms with Crippen molar-refractivity contribution in [1.82, 2.24) is 14.9 Å². The number of rotatable bonds is 19. The van der Waals surface area contributed by atoms with Crippen molar-refractivity contribution in [2.75, 3.05) is 66.8 Å². The number of sulfonamides is 1. The number of nitrogens with one attached hydrogen (secondary N) is 2. The molecule has 362 valence electrons. The van der Waals surface area contributed by atoms with Crippen molar-refractivity contribution in [2.45, 2.75) is 110 Å². The molecule has 2 fully saturated rings. The second kappa shape index (κ2) is 26.3. The number of aliphatic hydroxyl groups is 1. The van der Waals surface area contributed by atoms with Crippen LogP contribution in [-0.2, 0) is 40.1 Å². The van der Waals surface area contributed by atoms with Gasteiger partial charge in [0.2, 0.25) is 10.0 Å². The molecule has 0 aromatic heterocycles. The van der Waals surface area contributed by atoms with E-state index in [0.29, 0.717) is 62.2 Å². The standard InChI is InChI=1S/C32H45N3O9S.C11H23NO2.C2H3ClO2/c1-32(2,12-6-13-33)21-35(45(38,39)23-9-10-27-28(18-23)41-16-15-40-27)19-26(36)25(17-22-7-4-3-5-8-22)34-31(37)44-29-20-43-30-24(29)11-14-42-30;1-9(2)11(3,4)7-6-8-12-10(13)14-5;1-5-2(3)4/h3-5,7-10,18,24-26,29-30,36H,6,11-17,19-21,33H2,1-2H3,(H,34,37);9H,6-8H2,1-5H3,(H,12,13);1H3/t24-,25-,26+,29-,30+;;/m0../s1. The van der Waals surface area contributed by atoms with Crippen molar-refractivity contribution in [3.05, 3.63) is 54.1 Å². The van der Waals surface area contributed by atoms with E-state index in [1.807, 2.05) is 44.2 Å². The van der Waals surface area contributed by atoms with Crippen LogP contribution in [0.15, 0.2) is 53.4 Å². The Bertz CT molecular complexity index is 1850. The summed E-state index contributed by atoms with van der Waals surface area (Å²) < 4.78 is 66.2. The van der Waals surface area contributed by atoms with Gasteiger partial charge in [0, 0.05) is 37.3 Å². The fourth-order valence-corrected chi connectivity index (χ4v) is 8.83. The molecule has 17 nitrogen and oxygen atoms in total. The van der Waals surface area contributed by atoms with Gasteiger partial charge in [0.25, 0.3) is 0 Å². The van der Waals surface area contributed by atoms with Gasteiger partial charge < -0.3 is 54.6 Å². The third kappa shape index (κ3) is 17.8. The Hall–Kier alpha value is -3.91. The van der Waals surface area contributed by atoms with Gasteiger partial charge >= 0.3 is 17.6 Å². The number of aliphatic hydroxyl groups excluding tert-OH is 1. The monoisotopic (exact) mass is 942 g/mol. The summed E-state index contributed by atoms with van der Waals surface area (Å²) >= 11 is 4.60. The van der Waals surface area contributed by atoms with Gasteiger partial charge in [-0.1, -0.05) is 71.9 Å². The van der Waals surface area contributed by atoms with Gasteiger partial charge in [0.15, 0.2) is 17.8 Å². The molecule has 5 rings (SSSR count). The Balaban J connectivity index is 0.000000480. The van der Waals surface area contributed by atoms with Gasteiger partial charge in [0.05, 0.1) is 50.4 Å². The second-order valence-electron chi connectivity index (χ2n) is 17.7. The minimum atomic E-state index is -4.12. The van der Waals surface area contributed by atoms with E-state index in [1.165, 1.54) is 30.7 Å². The summed E-state index contributed by atoms with van der Waals surface area (Å²) in [5.74, 6) is 1.45. The Morgan fingerprint density at radius 3 is 2.23 bits per heavy atom. The summed E-state index contributed by atoms with van der Waals surface area (Å²) in [5.41, 5.74) is 5.75. The van der Waals surface area contributed by atoms with Gasteiger partial charge in [-0.2, -0.15) is 4.31 Å². The number of ether oxygens (including phenoxy) is 7. The Morgan fingerprint density at radius 2 is 1.61 bits per heavy atom. The minimum Gasteiger partial charge on any atom is -0.486 e. The number of hydrogen-bond acceptors (Lipinski definition) is 14. The molecule has 5 N–H and O–H groups in total. The van der Waals surface area contributed by atoms with Gasteiger partial charge in [-0.25, -0.2) is 22.8 Å². The predicted octanol–water partition coefficient (Wildman–Crippen LogP) is 6.47. The summed E-state index contributed by atoms with van der Waals surface area (Å²) in [6, 6.07) is 13.0. The molecule has 0 radical (unpaired) electrons. The lowest BCUT2D eigenvalue weighted by Gasteiger charge is -2.35. The van der Waals surface area contributed by atoms with Crippen LogP contribution in [0.3, 0.4) is 0 Å². The number of nitrogens with zero attached hydrogens (tertiary/aromatic N) is 1. The predicted molar refractivity (Wildman–Crippen MR) is 242 cm³/mol. The lowest BCUT2D eigenvalue weighted by Crippen LogP contribution is -2.52. The molecule has 0 aliphatic carbocycles. The van der Waals surface area contributed by atoms with E-state index in [4.69, 9.17) is 29.4 Å². The molecule has 0 unspecified atom stereocenters. The SMILES string of the molecule is CC(C)(CCCN)CN(C[C@@H](O)[C@H](Cc1ccccc1)NC(=O)O[C@H]1CO[C@H]2OCC[C@H]21)S(=O)(=O)c1ccc2c(c1)OCCO2.COC(=O)Cl.COC(=O)NCCCC(C)(C)C(C)C. The summed E-state index contributed by atoms with van der Waals surface area (Å²) in [5, 5.41) is 17.2. The molecule has 3 aliphatic heterocycles. The lowest BCUT2D eigenvalue weighted by atomic mass is 9.77. The molecular formula is C45H71ClN4O13S. The number of amides is 2. The number of benzene rings is 2. The Morgan fingerprint density at radius 1 is 0.938 bits per heavy atom. The zero-order valence-corrected chi connectivity index (χ0v) is 40.2. The molecule has 3 heterocycles. The highest BCUT2D eigenvalue weighted by Crippen LogP contribution is 2.36. The van der Waals surface area contributed by atoms with Crippen LogP contribution >= 0.6 is 11.6 Å². The zero-order chi connectivity index (χ0) is 47.5. The van der Waals surface area contributed by atoms with E-state index in [0.717, 1.165) is 31.2 Å². The van der Waals surface area contributed by atoms with E-state index in [2.05, 4.69) is 59.4 Å². The van der Waals surface area contributed by atoms with Crippen LogP contribution in [0.25, 0.3) is 0 Å². The van der Waals surface area contributed by atoms with Crippen LogP contribution in [0.1, 0.15) is 79.2 Å². The smallest absolute Gasteiger partial charge is 0.407 e. The number of fused-ring (bicyclic) bond motifs is 2. The largest absolute Gasteiger partial charge is 0.486 e. The second-order valence-corrected chi connectivity index (χ2v) is 20.0. The van der Waals surface area contributed by atoms with Crippen molar-refractivity contribution in [3.63, 3.8) is 0 Å². The van der Waals surface area contributed by atoms with Gasteiger partial charge in [-0.15, -0.1) is 0 Å². The highest BCUT2D eigenvalue weighted by Gasteiger charge is 2.44. The molecule has 19 heteroatoms. The number of halogens is 1. The molecule has 3 aliphatic rings. The van der Waals surface area contributed by atoms with Crippen LogP contribution in [0.5, 0.6) is 11.5 Å². The molecule has 0 saturated carbocycles. The van der Waals surface area contributed by atoms with E-state index in [9.17, 15) is 27.9 Å². The summed E-state index contributed by atoms with van der Waals surface area (Å²) in [6.07, 6.45) is 1.32. The maximum atomic E-state index is 14.2. The third-order valence-corrected chi connectivity index (χ3v) is 13.7. The summed E-state index contributed by atoms with van der Waals surface area (Å²) in [6.45, 7) is 15.4. The number of nitrogens with two attached hydrogens (primary N) is 1. The van der Waals surface area contributed by atoms with Crippen molar-refractivity contribution < 1.29 is 61.1 Å². The quantitative estimate of drug-likeness (QED) is 0.0674. The maximum Gasteiger partial charge on any atom is 0.407 e. The van der Waals surface area contributed by atoms with Gasteiger partial charge in [0.1, 0.15) is 19.3 Å². The molecule has 2 saturated heterocycles. The normalized spacial score (nSPS) is 18.9.